The zero-order valence-corrected chi connectivity index (χ0v) is 14.2. The molecule has 0 spiro atoms. The Bertz CT molecular complexity index is 817. The molecule has 0 aliphatic rings. The van der Waals surface area contributed by atoms with Crippen LogP contribution in [0.1, 0.15) is 5.82 Å². The molecule has 3 nitrogen and oxygen atoms in total. The van der Waals surface area contributed by atoms with Crippen LogP contribution in [0.25, 0.3) is 16.7 Å². The second kappa shape index (κ2) is 5.87. The van der Waals surface area contributed by atoms with Gasteiger partial charge in [-0.2, -0.15) is 0 Å². The van der Waals surface area contributed by atoms with Crippen LogP contribution in [0.2, 0.25) is 5.02 Å². The third-order valence-electron chi connectivity index (χ3n) is 3.21. The van der Waals surface area contributed by atoms with Crippen molar-refractivity contribution < 1.29 is 4.74 Å². The van der Waals surface area contributed by atoms with Crippen molar-refractivity contribution in [3.8, 4) is 11.4 Å². The quantitative estimate of drug-likeness (QED) is 0.580. The SMILES string of the molecule is COc1ccc(Br)c(-n2c(CCl)nc3cccc(Cl)c32)c1. The summed E-state index contributed by atoms with van der Waals surface area (Å²) < 4.78 is 8.17. The van der Waals surface area contributed by atoms with Crippen LogP contribution >= 0.6 is 39.1 Å². The summed E-state index contributed by atoms with van der Waals surface area (Å²) in [6, 6.07) is 11.4. The second-order valence-electron chi connectivity index (χ2n) is 4.42. The minimum atomic E-state index is 0.286. The fourth-order valence-electron chi connectivity index (χ4n) is 2.27. The molecule has 0 aliphatic heterocycles. The highest BCUT2D eigenvalue weighted by Gasteiger charge is 2.16. The van der Waals surface area contributed by atoms with Gasteiger partial charge in [0.15, 0.2) is 0 Å². The molecule has 0 fully saturated rings. The average Bonchev–Trinajstić information content (AvgIpc) is 2.87. The predicted molar refractivity (Wildman–Crippen MR) is 89.9 cm³/mol. The van der Waals surface area contributed by atoms with Gasteiger partial charge >= 0.3 is 0 Å². The van der Waals surface area contributed by atoms with Gasteiger partial charge in [0.25, 0.3) is 0 Å². The highest BCUT2D eigenvalue weighted by molar-refractivity contribution is 9.10. The normalized spacial score (nSPS) is 11.0. The lowest BCUT2D eigenvalue weighted by molar-refractivity contribution is 0.414. The topological polar surface area (TPSA) is 27.1 Å². The van der Waals surface area contributed by atoms with Gasteiger partial charge in [-0.1, -0.05) is 17.7 Å². The van der Waals surface area contributed by atoms with E-state index in [1.165, 1.54) is 0 Å². The number of aromatic nitrogens is 2. The minimum Gasteiger partial charge on any atom is -0.497 e. The van der Waals surface area contributed by atoms with Gasteiger partial charge in [-0.05, 0) is 40.2 Å². The molecule has 108 valence electrons. The molecule has 21 heavy (non-hydrogen) atoms. The van der Waals surface area contributed by atoms with Crippen molar-refractivity contribution in [1.82, 2.24) is 9.55 Å². The fraction of sp³-hybridized carbons (Fsp3) is 0.133. The summed E-state index contributed by atoms with van der Waals surface area (Å²) in [7, 11) is 1.63. The fourth-order valence-corrected chi connectivity index (χ4v) is 3.13. The Morgan fingerprint density at radius 2 is 2.10 bits per heavy atom. The molecule has 0 amide bonds. The molecule has 3 rings (SSSR count). The van der Waals surface area contributed by atoms with Crippen LogP contribution in [0.4, 0.5) is 0 Å². The minimum absolute atomic E-state index is 0.286. The third-order valence-corrected chi connectivity index (χ3v) is 4.43. The summed E-state index contributed by atoms with van der Waals surface area (Å²) in [6.07, 6.45) is 0. The molecule has 0 radical (unpaired) electrons. The van der Waals surface area contributed by atoms with Crippen molar-refractivity contribution >= 4 is 50.2 Å². The first-order valence-electron chi connectivity index (χ1n) is 6.21. The van der Waals surface area contributed by atoms with Gasteiger partial charge in [0.1, 0.15) is 11.6 Å². The van der Waals surface area contributed by atoms with E-state index in [1.54, 1.807) is 7.11 Å². The first-order valence-corrected chi connectivity index (χ1v) is 7.92. The molecule has 0 unspecified atom stereocenters. The van der Waals surface area contributed by atoms with Crippen molar-refractivity contribution in [1.29, 1.82) is 0 Å². The second-order valence-corrected chi connectivity index (χ2v) is 5.95. The van der Waals surface area contributed by atoms with Crippen LogP contribution in [-0.4, -0.2) is 16.7 Å². The number of fused-ring (bicyclic) bond motifs is 1. The lowest BCUT2D eigenvalue weighted by Crippen LogP contribution is -2.01. The van der Waals surface area contributed by atoms with Crippen molar-refractivity contribution in [3.63, 3.8) is 0 Å². The summed E-state index contributed by atoms with van der Waals surface area (Å²) in [5, 5.41) is 0.631. The highest BCUT2D eigenvalue weighted by atomic mass is 79.9. The standard InChI is InChI=1S/C15H11BrCl2N2O/c1-21-9-5-6-10(16)13(7-9)20-14(8-17)19-12-4-2-3-11(18)15(12)20/h2-7H,8H2,1H3. The van der Waals surface area contributed by atoms with Gasteiger partial charge in [-0.25, -0.2) is 4.98 Å². The van der Waals surface area contributed by atoms with E-state index >= 15 is 0 Å². The largest absolute Gasteiger partial charge is 0.497 e. The summed E-state index contributed by atoms with van der Waals surface area (Å²) in [4.78, 5) is 4.55. The predicted octanol–water partition coefficient (Wildman–Crippen LogP) is 5.19. The average molecular weight is 386 g/mol. The van der Waals surface area contributed by atoms with Crippen molar-refractivity contribution in [2.24, 2.45) is 0 Å². The molecule has 2 aromatic carbocycles. The number of hydrogen-bond acceptors (Lipinski definition) is 2. The Morgan fingerprint density at radius 1 is 1.29 bits per heavy atom. The molecule has 1 aromatic heterocycles. The van der Waals surface area contributed by atoms with E-state index in [0.717, 1.165) is 32.8 Å². The van der Waals surface area contributed by atoms with Gasteiger partial charge in [-0.3, -0.25) is 4.57 Å². The van der Waals surface area contributed by atoms with Crippen LogP contribution in [0.3, 0.4) is 0 Å². The Labute approximate surface area is 140 Å². The van der Waals surface area contributed by atoms with E-state index in [-0.39, 0.29) is 5.88 Å². The van der Waals surface area contributed by atoms with Crippen LogP contribution in [0, 0.1) is 0 Å². The van der Waals surface area contributed by atoms with Crippen LogP contribution in [0.15, 0.2) is 40.9 Å². The molecular weight excluding hydrogens is 375 g/mol. The summed E-state index contributed by atoms with van der Waals surface area (Å²) in [5.41, 5.74) is 2.54. The van der Waals surface area contributed by atoms with E-state index in [2.05, 4.69) is 20.9 Å². The number of halogens is 3. The van der Waals surface area contributed by atoms with Gasteiger partial charge in [-0.15, -0.1) is 11.6 Å². The Morgan fingerprint density at radius 3 is 2.81 bits per heavy atom. The molecule has 0 saturated heterocycles. The smallest absolute Gasteiger partial charge is 0.129 e. The summed E-state index contributed by atoms with van der Waals surface area (Å²) in [5.74, 6) is 1.77. The zero-order valence-electron chi connectivity index (χ0n) is 11.1. The van der Waals surface area contributed by atoms with Gasteiger partial charge in [0.2, 0.25) is 0 Å². The van der Waals surface area contributed by atoms with Gasteiger partial charge < -0.3 is 4.74 Å². The van der Waals surface area contributed by atoms with Gasteiger partial charge in [0, 0.05) is 10.5 Å². The van der Waals surface area contributed by atoms with Crippen LogP contribution in [-0.2, 0) is 5.88 Å². The molecule has 6 heteroatoms. The molecule has 0 saturated carbocycles. The molecule has 0 N–H and O–H groups in total. The zero-order chi connectivity index (χ0) is 15.0. The number of alkyl halides is 1. The van der Waals surface area contributed by atoms with Crippen LogP contribution < -0.4 is 4.74 Å². The molecule has 0 aliphatic carbocycles. The number of hydrogen-bond donors (Lipinski definition) is 0. The molecular formula is C15H11BrCl2N2O. The Kier molecular flexibility index (Phi) is 4.11. The third kappa shape index (κ3) is 2.52. The first kappa shape index (κ1) is 14.7. The number of imidazole rings is 1. The molecule has 0 bridgehead atoms. The maximum atomic E-state index is 6.36. The van der Waals surface area contributed by atoms with Crippen molar-refractivity contribution in [3.05, 3.63) is 51.7 Å². The highest BCUT2D eigenvalue weighted by Crippen LogP contribution is 2.33. The lowest BCUT2D eigenvalue weighted by atomic mass is 10.2. The van der Waals surface area contributed by atoms with E-state index in [4.69, 9.17) is 27.9 Å². The van der Waals surface area contributed by atoms with Gasteiger partial charge in [0.05, 0.1) is 34.7 Å². The maximum absolute atomic E-state index is 6.36. The first-order chi connectivity index (χ1) is 10.2. The number of rotatable bonds is 3. The van der Waals surface area contributed by atoms with E-state index in [0.29, 0.717) is 5.02 Å². The summed E-state index contributed by atoms with van der Waals surface area (Å²) >= 11 is 16.0. The number of nitrogens with zero attached hydrogens (tertiary/aromatic N) is 2. The van der Waals surface area contributed by atoms with E-state index < -0.39 is 0 Å². The summed E-state index contributed by atoms with van der Waals surface area (Å²) in [6.45, 7) is 0. The number of benzene rings is 2. The van der Waals surface area contributed by atoms with Crippen molar-refractivity contribution in [2.45, 2.75) is 5.88 Å². The monoisotopic (exact) mass is 384 g/mol. The Hall–Kier alpha value is -1.23. The van der Waals surface area contributed by atoms with E-state index in [1.807, 2.05) is 41.0 Å². The van der Waals surface area contributed by atoms with E-state index in [9.17, 15) is 0 Å². The number of para-hydroxylation sites is 1. The lowest BCUT2D eigenvalue weighted by Gasteiger charge is -2.12. The van der Waals surface area contributed by atoms with Crippen molar-refractivity contribution in [2.75, 3.05) is 7.11 Å². The number of ether oxygens (including phenoxy) is 1. The van der Waals surface area contributed by atoms with Crippen LogP contribution in [0.5, 0.6) is 5.75 Å². The molecule has 3 aromatic rings. The Balaban J connectivity index is 2.38. The molecule has 0 atom stereocenters. The number of methoxy groups -OCH3 is 1. The maximum Gasteiger partial charge on any atom is 0.129 e. The molecule has 1 heterocycles.